The number of hydrogen-bond acceptors (Lipinski definition) is 5. The number of benzene rings is 2. The number of imide groups is 1. The molecule has 1 saturated carbocycles. The molecule has 1 saturated heterocycles. The van der Waals surface area contributed by atoms with Gasteiger partial charge in [-0.1, -0.05) is 0 Å². The van der Waals surface area contributed by atoms with Crippen molar-refractivity contribution in [3.63, 3.8) is 0 Å². The van der Waals surface area contributed by atoms with Crippen molar-refractivity contribution in [2.24, 2.45) is 5.92 Å². The predicted octanol–water partition coefficient (Wildman–Crippen LogP) is 3.00. The number of amides is 5. The second kappa shape index (κ2) is 8.93. The number of ether oxygens (including phenoxy) is 1. The number of nitrogens with one attached hydrogen (secondary N) is 3. The van der Waals surface area contributed by atoms with Gasteiger partial charge in [-0.3, -0.25) is 19.3 Å². The average molecular weight is 450 g/mol. The van der Waals surface area contributed by atoms with Gasteiger partial charge in [0.25, 0.3) is 11.8 Å². The van der Waals surface area contributed by atoms with Gasteiger partial charge in [-0.25, -0.2) is 4.79 Å². The molecule has 0 bridgehead atoms. The number of urea groups is 1. The Bertz CT molecular complexity index is 1080. The van der Waals surface area contributed by atoms with Crippen LogP contribution in [0.2, 0.25) is 0 Å². The van der Waals surface area contributed by atoms with E-state index < -0.39 is 17.5 Å². The van der Waals surface area contributed by atoms with Gasteiger partial charge in [-0.2, -0.15) is 0 Å². The number of carbonyl (C=O) groups is 4. The summed E-state index contributed by atoms with van der Waals surface area (Å²) in [5, 5.41) is 8.17. The van der Waals surface area contributed by atoms with E-state index in [-0.39, 0.29) is 24.3 Å². The van der Waals surface area contributed by atoms with Gasteiger partial charge in [-0.05, 0) is 81.1 Å². The van der Waals surface area contributed by atoms with E-state index in [2.05, 4.69) is 16.0 Å². The van der Waals surface area contributed by atoms with Crippen molar-refractivity contribution in [1.29, 1.82) is 0 Å². The van der Waals surface area contributed by atoms with E-state index in [1.165, 1.54) is 0 Å². The van der Waals surface area contributed by atoms with Gasteiger partial charge in [0.2, 0.25) is 5.91 Å². The zero-order valence-electron chi connectivity index (χ0n) is 18.5. The first-order chi connectivity index (χ1) is 15.8. The third-order valence-electron chi connectivity index (χ3n) is 5.85. The fraction of sp³-hybridized carbons (Fsp3) is 0.333. The van der Waals surface area contributed by atoms with Crippen LogP contribution in [0.15, 0.2) is 48.5 Å². The quantitative estimate of drug-likeness (QED) is 0.535. The predicted molar refractivity (Wildman–Crippen MR) is 122 cm³/mol. The van der Waals surface area contributed by atoms with E-state index in [1.807, 2.05) is 6.92 Å². The molecule has 172 valence electrons. The Balaban J connectivity index is 1.31. The molecule has 0 spiro atoms. The number of nitrogens with zero attached hydrogens (tertiary/aromatic N) is 1. The van der Waals surface area contributed by atoms with E-state index in [4.69, 9.17) is 4.74 Å². The lowest BCUT2D eigenvalue weighted by atomic mass is 9.96. The van der Waals surface area contributed by atoms with Gasteiger partial charge in [0.1, 0.15) is 17.8 Å². The lowest BCUT2D eigenvalue weighted by Crippen LogP contribution is -2.46. The van der Waals surface area contributed by atoms with E-state index in [0.717, 1.165) is 23.5 Å². The molecule has 33 heavy (non-hydrogen) atoms. The van der Waals surface area contributed by atoms with Crippen LogP contribution in [0.3, 0.4) is 0 Å². The van der Waals surface area contributed by atoms with Crippen LogP contribution in [-0.4, -0.2) is 47.3 Å². The molecule has 9 heteroatoms. The molecule has 5 amide bonds. The zero-order chi connectivity index (χ0) is 23.6. The van der Waals surface area contributed by atoms with Crippen molar-refractivity contribution in [2.75, 3.05) is 23.8 Å². The summed E-state index contributed by atoms with van der Waals surface area (Å²) in [6.07, 6.45) is 1.78. The fourth-order valence-electron chi connectivity index (χ4n) is 3.85. The van der Waals surface area contributed by atoms with Crippen LogP contribution < -0.4 is 20.7 Å². The Kier molecular flexibility index (Phi) is 6.04. The molecule has 9 nitrogen and oxygen atoms in total. The summed E-state index contributed by atoms with van der Waals surface area (Å²) < 4.78 is 5.38. The zero-order valence-corrected chi connectivity index (χ0v) is 18.5. The van der Waals surface area contributed by atoms with Gasteiger partial charge < -0.3 is 20.7 Å². The summed E-state index contributed by atoms with van der Waals surface area (Å²) in [6, 6.07) is 12.8. The molecular formula is C24H26N4O5. The number of rotatable bonds is 8. The molecule has 1 heterocycles. The van der Waals surface area contributed by atoms with Crippen molar-refractivity contribution in [1.82, 2.24) is 10.2 Å². The highest BCUT2D eigenvalue weighted by Crippen LogP contribution is 2.42. The molecule has 2 aromatic carbocycles. The molecular weight excluding hydrogens is 424 g/mol. The third-order valence-corrected chi connectivity index (χ3v) is 5.85. The van der Waals surface area contributed by atoms with Crippen molar-refractivity contribution >= 4 is 35.1 Å². The standard InChI is InChI=1S/C24H26N4O5/c1-3-33-19-12-10-18(11-13-19)26-21(30)15-4-8-17(9-5-15)25-20(29)14-28-22(31)24(2,16-6-7-16)27-23(28)32/h4-5,8-13,16H,3,6-7,14H2,1-2H3,(H,25,29)(H,26,30)(H,27,32). The maximum atomic E-state index is 12.6. The smallest absolute Gasteiger partial charge is 0.325 e. The van der Waals surface area contributed by atoms with Gasteiger partial charge in [0, 0.05) is 16.9 Å². The van der Waals surface area contributed by atoms with Crippen LogP contribution in [0.5, 0.6) is 5.75 Å². The van der Waals surface area contributed by atoms with E-state index >= 15 is 0 Å². The lowest BCUT2D eigenvalue weighted by Gasteiger charge is -2.20. The summed E-state index contributed by atoms with van der Waals surface area (Å²) in [7, 11) is 0. The summed E-state index contributed by atoms with van der Waals surface area (Å²) in [6.45, 7) is 3.80. The molecule has 0 radical (unpaired) electrons. The minimum atomic E-state index is -0.921. The molecule has 1 unspecified atom stereocenters. The SMILES string of the molecule is CCOc1ccc(NC(=O)c2ccc(NC(=O)CN3C(=O)NC(C)(C4CC4)C3=O)cc2)cc1. The fourth-order valence-corrected chi connectivity index (χ4v) is 3.85. The Morgan fingerprint density at radius 3 is 2.24 bits per heavy atom. The number of hydrogen-bond donors (Lipinski definition) is 3. The van der Waals surface area contributed by atoms with Crippen LogP contribution in [0.25, 0.3) is 0 Å². The van der Waals surface area contributed by atoms with Gasteiger partial charge in [0.05, 0.1) is 6.61 Å². The molecule has 1 atom stereocenters. The molecule has 0 aromatic heterocycles. The van der Waals surface area contributed by atoms with Crippen LogP contribution in [0, 0.1) is 5.92 Å². The van der Waals surface area contributed by atoms with Gasteiger partial charge >= 0.3 is 6.03 Å². The second-order valence-corrected chi connectivity index (χ2v) is 8.34. The second-order valence-electron chi connectivity index (χ2n) is 8.34. The maximum Gasteiger partial charge on any atom is 0.325 e. The minimum Gasteiger partial charge on any atom is -0.494 e. The molecule has 4 rings (SSSR count). The largest absolute Gasteiger partial charge is 0.494 e. The first kappa shape index (κ1) is 22.3. The van der Waals surface area contributed by atoms with Crippen molar-refractivity contribution in [3.8, 4) is 5.75 Å². The maximum absolute atomic E-state index is 12.6. The normalized spacial score (nSPS) is 19.8. The molecule has 2 aliphatic rings. The molecule has 2 fully saturated rings. The lowest BCUT2D eigenvalue weighted by molar-refractivity contribution is -0.134. The Labute approximate surface area is 191 Å². The Morgan fingerprint density at radius 1 is 1.03 bits per heavy atom. The van der Waals surface area contributed by atoms with Crippen molar-refractivity contribution in [2.45, 2.75) is 32.2 Å². The Hall–Kier alpha value is -3.88. The summed E-state index contributed by atoms with van der Waals surface area (Å²) in [4.78, 5) is 50.7. The number of anilines is 2. The molecule has 2 aromatic rings. The molecule has 3 N–H and O–H groups in total. The molecule has 1 aliphatic heterocycles. The third kappa shape index (κ3) is 4.82. The summed E-state index contributed by atoms with van der Waals surface area (Å²) in [5.74, 6) is -0.309. The van der Waals surface area contributed by atoms with E-state index in [0.29, 0.717) is 23.5 Å². The van der Waals surface area contributed by atoms with E-state index in [1.54, 1.807) is 55.5 Å². The van der Waals surface area contributed by atoms with Crippen molar-refractivity contribution in [3.05, 3.63) is 54.1 Å². The average Bonchev–Trinajstić information content (AvgIpc) is 3.62. The van der Waals surface area contributed by atoms with Crippen molar-refractivity contribution < 1.29 is 23.9 Å². The van der Waals surface area contributed by atoms with Crippen LogP contribution >= 0.6 is 0 Å². The summed E-state index contributed by atoms with van der Waals surface area (Å²) in [5.41, 5.74) is 0.578. The summed E-state index contributed by atoms with van der Waals surface area (Å²) >= 11 is 0. The number of carbonyl (C=O) groups excluding carboxylic acids is 4. The highest BCUT2D eigenvalue weighted by molar-refractivity contribution is 6.10. The highest BCUT2D eigenvalue weighted by Gasteiger charge is 2.56. The first-order valence-electron chi connectivity index (χ1n) is 10.9. The van der Waals surface area contributed by atoms with E-state index in [9.17, 15) is 19.2 Å². The van der Waals surface area contributed by atoms with Gasteiger partial charge in [-0.15, -0.1) is 0 Å². The topological polar surface area (TPSA) is 117 Å². The monoisotopic (exact) mass is 450 g/mol. The van der Waals surface area contributed by atoms with Gasteiger partial charge in [0.15, 0.2) is 0 Å². The molecule has 1 aliphatic carbocycles. The minimum absolute atomic E-state index is 0.128. The van der Waals surface area contributed by atoms with Crippen LogP contribution in [0.4, 0.5) is 16.2 Å². The van der Waals surface area contributed by atoms with Crippen LogP contribution in [-0.2, 0) is 9.59 Å². The Morgan fingerprint density at radius 2 is 1.64 bits per heavy atom. The first-order valence-corrected chi connectivity index (χ1v) is 10.9. The highest BCUT2D eigenvalue weighted by atomic mass is 16.5. The van der Waals surface area contributed by atoms with Crippen LogP contribution in [0.1, 0.15) is 37.0 Å².